The number of anilines is 2. The van der Waals surface area contributed by atoms with Crippen molar-refractivity contribution in [2.24, 2.45) is 0 Å². The van der Waals surface area contributed by atoms with Gasteiger partial charge in [-0.15, -0.1) is 0 Å². The van der Waals surface area contributed by atoms with Crippen molar-refractivity contribution in [1.29, 1.82) is 0 Å². The van der Waals surface area contributed by atoms with Crippen LogP contribution in [0.25, 0.3) is 61.3 Å². The number of hydrogen-bond donors (Lipinski definition) is 0. The van der Waals surface area contributed by atoms with Crippen molar-refractivity contribution in [3.05, 3.63) is 181 Å². The van der Waals surface area contributed by atoms with Gasteiger partial charge in [0.2, 0.25) is 0 Å². The number of para-hydroxylation sites is 4. The summed E-state index contributed by atoms with van der Waals surface area (Å²) in [7, 11) is 3.25. The second kappa shape index (κ2) is 13.9. The first-order valence-electron chi connectivity index (χ1n) is 18.2. The number of pyridine rings is 1. The molecular weight excluding hydrogens is 649 g/mol. The van der Waals surface area contributed by atoms with Crippen LogP contribution in [0.3, 0.4) is 0 Å². The Kier molecular flexibility index (Phi) is 8.54. The van der Waals surface area contributed by atoms with Crippen molar-refractivity contribution in [1.82, 2.24) is 14.1 Å². The third-order valence-corrected chi connectivity index (χ3v) is 10.2. The lowest BCUT2D eigenvalue weighted by Crippen LogP contribution is -2.23. The fraction of sp³-hybridized carbons (Fsp3) is 0.104. The number of rotatable bonds is 5. The van der Waals surface area contributed by atoms with Crippen LogP contribution < -0.4 is 4.90 Å². The van der Waals surface area contributed by atoms with E-state index in [4.69, 9.17) is 4.98 Å². The van der Waals surface area contributed by atoms with Crippen molar-refractivity contribution in [2.45, 2.75) is 19.4 Å². The van der Waals surface area contributed by atoms with Crippen molar-refractivity contribution in [2.75, 3.05) is 19.1 Å². The Hall–Kier alpha value is -6.43. The summed E-state index contributed by atoms with van der Waals surface area (Å²) in [5.41, 5.74) is 14.0. The number of fused-ring (bicyclic) bond motifs is 7. The second-order valence-electron chi connectivity index (χ2n) is 13.5. The van der Waals surface area contributed by atoms with Crippen LogP contribution in [0.15, 0.2) is 170 Å². The largest absolute Gasteiger partial charge is 0.388 e. The highest BCUT2D eigenvalue weighted by Gasteiger charge is 2.36. The lowest BCUT2D eigenvalue weighted by atomic mass is 9.98. The van der Waals surface area contributed by atoms with Gasteiger partial charge in [-0.1, -0.05) is 121 Å². The van der Waals surface area contributed by atoms with Crippen LogP contribution in [-0.2, 0) is 11.3 Å². The zero-order valence-corrected chi connectivity index (χ0v) is 30.0. The van der Waals surface area contributed by atoms with Crippen molar-refractivity contribution in [3.63, 3.8) is 0 Å². The molecule has 5 heteroatoms. The molecule has 53 heavy (non-hydrogen) atoms. The summed E-state index contributed by atoms with van der Waals surface area (Å²) in [4.78, 5) is 7.98. The Balaban J connectivity index is 0.00000120. The summed E-state index contributed by atoms with van der Waals surface area (Å²) >= 11 is 0. The minimum Gasteiger partial charge on any atom is -0.388 e. The molecular formula is C48H40N4O. The van der Waals surface area contributed by atoms with Gasteiger partial charge in [0.25, 0.3) is 0 Å². The lowest BCUT2D eigenvalue weighted by Gasteiger charge is -2.31. The van der Waals surface area contributed by atoms with Gasteiger partial charge >= 0.3 is 0 Å². The highest BCUT2D eigenvalue weighted by molar-refractivity contribution is 6.09. The number of nitrogens with zero attached hydrogens (tertiary/aromatic N) is 4. The molecule has 4 heterocycles. The molecule has 0 amide bonds. The number of ether oxygens (including phenoxy) is 1. The average Bonchev–Trinajstić information content (AvgIpc) is 3.75. The smallest absolute Gasteiger partial charge is 0.134 e. The van der Waals surface area contributed by atoms with E-state index in [1.807, 2.05) is 0 Å². The Bertz CT molecular complexity index is 2630. The molecule has 0 saturated carbocycles. The van der Waals surface area contributed by atoms with E-state index in [0.717, 1.165) is 41.3 Å². The van der Waals surface area contributed by atoms with E-state index in [-0.39, 0.29) is 0 Å². The molecule has 1 aliphatic carbocycles. The fourth-order valence-corrected chi connectivity index (χ4v) is 7.96. The molecule has 3 aromatic heterocycles. The minimum absolute atomic E-state index is 0.686. The normalized spacial score (nSPS) is 13.3. The molecule has 1 aliphatic heterocycles. The van der Waals surface area contributed by atoms with Crippen LogP contribution in [0.5, 0.6) is 0 Å². The molecule has 2 aliphatic rings. The number of aromatic nitrogens is 3. The van der Waals surface area contributed by atoms with Gasteiger partial charge in [0.05, 0.1) is 40.3 Å². The van der Waals surface area contributed by atoms with Gasteiger partial charge in [0.15, 0.2) is 0 Å². The van der Waals surface area contributed by atoms with Crippen LogP contribution in [-0.4, -0.2) is 28.3 Å². The highest BCUT2D eigenvalue weighted by Crippen LogP contribution is 2.53. The van der Waals surface area contributed by atoms with Crippen LogP contribution in [0, 0.1) is 0 Å². The van der Waals surface area contributed by atoms with Crippen molar-refractivity contribution < 1.29 is 4.74 Å². The van der Waals surface area contributed by atoms with E-state index < -0.39 is 0 Å². The van der Waals surface area contributed by atoms with Crippen LogP contribution in [0.1, 0.15) is 24.1 Å². The summed E-state index contributed by atoms with van der Waals surface area (Å²) in [6, 6.07) is 54.5. The van der Waals surface area contributed by atoms with Crippen LogP contribution in [0.2, 0.25) is 0 Å². The van der Waals surface area contributed by atoms with E-state index in [0.29, 0.717) is 6.54 Å². The standard InChI is InChI=1S/C46H34N4.C2H6O/c1-5-17-32(18-6-1)34-29-40(33-19-7-2-8-20-33)47-43(30-34)48-31-39-37-25-13-15-27-41(37)49(35-21-9-3-10-22-35)45(39)46-44(48)38-26-14-16-28-42(38)50(46)36-23-11-4-12-24-36;1-3-2/h1,3-7,9-30H,2,8,31H2;1-2H3. The number of methoxy groups -OCH3 is 1. The van der Waals surface area contributed by atoms with E-state index in [1.54, 1.807) is 14.2 Å². The molecule has 8 aromatic rings. The third kappa shape index (κ3) is 5.67. The molecule has 5 nitrogen and oxygen atoms in total. The second-order valence-corrected chi connectivity index (χ2v) is 13.5. The Morgan fingerprint density at radius 3 is 1.77 bits per heavy atom. The first-order valence-corrected chi connectivity index (χ1v) is 18.2. The molecule has 0 spiro atoms. The van der Waals surface area contributed by atoms with Gasteiger partial charge in [-0.25, -0.2) is 4.98 Å². The molecule has 0 unspecified atom stereocenters. The fourth-order valence-electron chi connectivity index (χ4n) is 7.96. The predicted molar refractivity (Wildman–Crippen MR) is 220 cm³/mol. The predicted octanol–water partition coefficient (Wildman–Crippen LogP) is 12.0. The van der Waals surface area contributed by atoms with Crippen molar-refractivity contribution >= 4 is 38.9 Å². The molecule has 0 bridgehead atoms. The molecule has 0 N–H and O–H groups in total. The number of benzene rings is 5. The average molecular weight is 689 g/mol. The molecule has 0 radical (unpaired) electrons. The van der Waals surface area contributed by atoms with E-state index >= 15 is 0 Å². The maximum atomic E-state index is 5.50. The minimum atomic E-state index is 0.686. The van der Waals surface area contributed by atoms with Crippen molar-refractivity contribution in [3.8, 4) is 33.9 Å². The molecule has 10 rings (SSSR count). The number of hydrogen-bond acceptors (Lipinski definition) is 3. The summed E-state index contributed by atoms with van der Waals surface area (Å²) in [5, 5.41) is 2.45. The SMILES string of the molecule is C1=CC(c2cc(-c3ccccc3)cc(N3Cc4c(n(-c5ccccc5)c5ccccc45)-c4c3c3ccccc3n4-c3ccccc3)n2)=CCC1.COC. The van der Waals surface area contributed by atoms with Gasteiger partial charge < -0.3 is 18.8 Å². The molecule has 0 fully saturated rings. The molecule has 0 saturated heterocycles. The molecule has 5 aromatic carbocycles. The highest BCUT2D eigenvalue weighted by atomic mass is 16.4. The monoisotopic (exact) mass is 688 g/mol. The summed E-state index contributed by atoms with van der Waals surface area (Å²) in [6.45, 7) is 0.686. The topological polar surface area (TPSA) is 35.2 Å². The van der Waals surface area contributed by atoms with Gasteiger partial charge in [-0.3, -0.25) is 0 Å². The molecule has 258 valence electrons. The Morgan fingerprint density at radius 1 is 0.566 bits per heavy atom. The Morgan fingerprint density at radius 2 is 1.13 bits per heavy atom. The van der Waals surface area contributed by atoms with Crippen LogP contribution in [0.4, 0.5) is 11.5 Å². The zero-order valence-electron chi connectivity index (χ0n) is 30.0. The summed E-state index contributed by atoms with van der Waals surface area (Å²) in [6.07, 6.45) is 8.92. The maximum Gasteiger partial charge on any atom is 0.134 e. The lowest BCUT2D eigenvalue weighted by molar-refractivity contribution is 0.277. The Labute approximate surface area is 310 Å². The van der Waals surface area contributed by atoms with Gasteiger partial charge in [-0.2, -0.15) is 0 Å². The van der Waals surface area contributed by atoms with Crippen LogP contribution >= 0.6 is 0 Å². The summed E-state index contributed by atoms with van der Waals surface area (Å²) in [5.74, 6) is 0.945. The van der Waals surface area contributed by atoms with E-state index in [1.165, 1.54) is 55.6 Å². The van der Waals surface area contributed by atoms with E-state index in [9.17, 15) is 0 Å². The molecule has 0 atom stereocenters. The van der Waals surface area contributed by atoms with E-state index in [2.05, 4.69) is 189 Å². The van der Waals surface area contributed by atoms with Gasteiger partial charge in [0.1, 0.15) is 5.82 Å². The number of allylic oxidation sites excluding steroid dienone is 4. The first-order chi connectivity index (χ1) is 26.2. The van der Waals surface area contributed by atoms with Gasteiger partial charge in [-0.05, 0) is 78.1 Å². The van der Waals surface area contributed by atoms with Gasteiger partial charge in [0, 0.05) is 41.9 Å². The first kappa shape index (κ1) is 32.5. The summed E-state index contributed by atoms with van der Waals surface area (Å²) < 4.78 is 9.18. The zero-order chi connectivity index (χ0) is 35.7. The maximum absolute atomic E-state index is 5.50. The third-order valence-electron chi connectivity index (χ3n) is 10.2. The quantitative estimate of drug-likeness (QED) is 0.181.